The highest BCUT2D eigenvalue weighted by molar-refractivity contribution is 6.29. The molecule has 9 nitrogen and oxygen atoms in total. The van der Waals surface area contributed by atoms with Crippen LogP contribution in [0.3, 0.4) is 0 Å². The van der Waals surface area contributed by atoms with Gasteiger partial charge in [-0.3, -0.25) is 20.5 Å². The third-order valence-corrected chi connectivity index (χ3v) is 2.24. The Labute approximate surface area is 119 Å². The molecule has 0 radical (unpaired) electrons. The largest absolute Gasteiger partial charge is 0.452 e. The number of carbonyl (C=O) groups excluding carboxylic acids is 1. The molecule has 0 bridgehead atoms. The monoisotopic (exact) mass is 301 g/mol. The van der Waals surface area contributed by atoms with Crippen molar-refractivity contribution >= 4 is 23.5 Å². The molecule has 10 heteroatoms. The van der Waals surface area contributed by atoms with E-state index in [0.29, 0.717) is 5.15 Å². The number of amides is 1. The van der Waals surface area contributed by atoms with Crippen LogP contribution in [-0.2, 0) is 11.3 Å². The summed E-state index contributed by atoms with van der Waals surface area (Å²) in [5.41, 5.74) is 5.14. The van der Waals surface area contributed by atoms with Crippen LogP contribution in [0.4, 0.5) is 4.79 Å². The molecule has 1 aromatic rings. The summed E-state index contributed by atoms with van der Waals surface area (Å²) in [6.45, 7) is -0.409. The molecule has 0 saturated heterocycles. The summed E-state index contributed by atoms with van der Waals surface area (Å²) in [6.07, 6.45) is 0.720. The van der Waals surface area contributed by atoms with Gasteiger partial charge in [-0.1, -0.05) is 17.7 Å². The second kappa shape index (κ2) is 7.89. The third-order valence-electron chi connectivity index (χ3n) is 2.01. The fourth-order valence-electron chi connectivity index (χ4n) is 1.11. The van der Waals surface area contributed by atoms with Gasteiger partial charge in [-0.05, 0) is 11.6 Å². The fraction of sp³-hybridized carbons (Fsp3) is 0.300. The van der Waals surface area contributed by atoms with E-state index in [4.69, 9.17) is 11.6 Å². The van der Waals surface area contributed by atoms with Crippen LogP contribution in [0, 0.1) is 10.1 Å². The fourth-order valence-corrected chi connectivity index (χ4v) is 1.22. The Morgan fingerprint density at radius 1 is 1.55 bits per heavy atom. The molecule has 0 saturated carbocycles. The Morgan fingerprint density at radius 3 is 2.85 bits per heavy atom. The van der Waals surface area contributed by atoms with Crippen LogP contribution in [-0.4, -0.2) is 35.5 Å². The number of methoxy groups -OCH3 is 1. The van der Waals surface area contributed by atoms with E-state index >= 15 is 0 Å². The lowest BCUT2D eigenvalue weighted by Crippen LogP contribution is -2.44. The predicted molar refractivity (Wildman–Crippen MR) is 70.9 cm³/mol. The summed E-state index contributed by atoms with van der Waals surface area (Å²) < 4.78 is 4.32. The van der Waals surface area contributed by atoms with Gasteiger partial charge in [-0.15, -0.1) is 0 Å². The molecule has 1 heterocycles. The lowest BCUT2D eigenvalue weighted by molar-refractivity contribution is -0.463. The second-order valence-corrected chi connectivity index (χ2v) is 3.87. The summed E-state index contributed by atoms with van der Waals surface area (Å²) in [6, 6.07) is 3.27. The zero-order chi connectivity index (χ0) is 15.0. The normalized spacial score (nSPS) is 10.8. The van der Waals surface area contributed by atoms with Crippen LogP contribution >= 0.6 is 11.6 Å². The molecule has 2 N–H and O–H groups in total. The molecule has 0 aliphatic heterocycles. The van der Waals surface area contributed by atoms with E-state index in [1.54, 1.807) is 12.1 Å². The highest BCUT2D eigenvalue weighted by Gasteiger charge is 2.08. The van der Waals surface area contributed by atoms with E-state index in [0.717, 1.165) is 5.56 Å². The summed E-state index contributed by atoms with van der Waals surface area (Å²) >= 11 is 5.63. The summed E-state index contributed by atoms with van der Waals surface area (Å²) in [5, 5.41) is 10.8. The molecule has 1 rings (SSSR count). The van der Waals surface area contributed by atoms with Gasteiger partial charge in [0.25, 0.3) is 6.54 Å². The molecule has 1 amide bonds. The van der Waals surface area contributed by atoms with E-state index in [9.17, 15) is 14.9 Å². The molecule has 0 aromatic carbocycles. The van der Waals surface area contributed by atoms with E-state index < -0.39 is 17.6 Å². The molecule has 20 heavy (non-hydrogen) atoms. The number of halogens is 1. The lowest BCUT2D eigenvalue weighted by atomic mass is 10.3. The predicted octanol–water partition coefficient (Wildman–Crippen LogP) is 0.771. The van der Waals surface area contributed by atoms with Crippen LogP contribution < -0.4 is 10.9 Å². The van der Waals surface area contributed by atoms with Crippen molar-refractivity contribution in [1.29, 1.82) is 0 Å². The van der Waals surface area contributed by atoms with E-state index in [1.807, 2.05) is 0 Å². The Balaban J connectivity index is 2.65. The van der Waals surface area contributed by atoms with Crippen molar-refractivity contribution < 1.29 is 14.5 Å². The molecule has 0 atom stereocenters. The molecule has 108 valence electrons. The summed E-state index contributed by atoms with van der Waals surface area (Å²) in [5.74, 6) is -0.0182. The first kappa shape index (κ1) is 15.6. The number of nitro groups is 1. The zero-order valence-corrected chi connectivity index (χ0v) is 11.3. The van der Waals surface area contributed by atoms with Crippen molar-refractivity contribution in [1.82, 2.24) is 15.8 Å². The van der Waals surface area contributed by atoms with E-state index in [-0.39, 0.29) is 12.4 Å². The van der Waals surface area contributed by atoms with Crippen molar-refractivity contribution in [3.05, 3.63) is 39.2 Å². The molecule has 0 unspecified atom stereocenters. The lowest BCUT2D eigenvalue weighted by Gasteiger charge is -2.07. The number of amidine groups is 1. The van der Waals surface area contributed by atoms with Crippen LogP contribution in [0.1, 0.15) is 5.56 Å². The Bertz CT molecular complexity index is 505. The van der Waals surface area contributed by atoms with Crippen LogP contribution in [0.15, 0.2) is 23.3 Å². The van der Waals surface area contributed by atoms with E-state index in [1.165, 1.54) is 13.3 Å². The standard InChI is InChI=1S/C10H12ClN5O4/c1-20-10(17)15-14-9(6-16(18)19)13-5-7-2-3-8(11)12-4-7/h2-4H,5-6H2,1H3,(H,13,14)(H,15,17). The second-order valence-electron chi connectivity index (χ2n) is 3.48. The first-order valence-electron chi connectivity index (χ1n) is 5.36. The highest BCUT2D eigenvalue weighted by Crippen LogP contribution is 2.06. The van der Waals surface area contributed by atoms with Crippen molar-refractivity contribution in [2.24, 2.45) is 4.99 Å². The van der Waals surface area contributed by atoms with Gasteiger partial charge in [0.2, 0.25) is 0 Å². The number of nitrogens with one attached hydrogen (secondary N) is 2. The number of aromatic nitrogens is 1. The van der Waals surface area contributed by atoms with Crippen LogP contribution in [0.5, 0.6) is 0 Å². The maximum absolute atomic E-state index is 10.9. The Morgan fingerprint density at radius 2 is 2.30 bits per heavy atom. The number of carbonyl (C=O) groups is 1. The van der Waals surface area contributed by atoms with Gasteiger partial charge in [0.1, 0.15) is 5.15 Å². The Kier molecular flexibility index (Phi) is 6.17. The van der Waals surface area contributed by atoms with Gasteiger partial charge in [0.15, 0.2) is 5.84 Å². The minimum atomic E-state index is -0.783. The average molecular weight is 302 g/mol. The number of pyridine rings is 1. The number of hydrogen-bond donors (Lipinski definition) is 2. The molecular formula is C10H12ClN5O4. The van der Waals surface area contributed by atoms with Gasteiger partial charge in [0, 0.05) is 11.1 Å². The van der Waals surface area contributed by atoms with Gasteiger partial charge in [-0.25, -0.2) is 15.2 Å². The first-order chi connectivity index (χ1) is 9.51. The van der Waals surface area contributed by atoms with Crippen molar-refractivity contribution in [2.45, 2.75) is 6.54 Å². The van der Waals surface area contributed by atoms with Crippen molar-refractivity contribution in [2.75, 3.05) is 13.7 Å². The number of hydrogen-bond acceptors (Lipinski definition) is 6. The van der Waals surface area contributed by atoms with E-state index in [2.05, 4.69) is 25.6 Å². The van der Waals surface area contributed by atoms with Crippen LogP contribution in [0.25, 0.3) is 0 Å². The molecule has 0 aliphatic rings. The summed E-state index contributed by atoms with van der Waals surface area (Å²) in [4.78, 5) is 28.6. The van der Waals surface area contributed by atoms with Gasteiger partial charge in [0.05, 0.1) is 13.7 Å². The minimum Gasteiger partial charge on any atom is -0.452 e. The molecule has 0 fully saturated rings. The van der Waals surface area contributed by atoms with Gasteiger partial charge < -0.3 is 4.74 Å². The molecular weight excluding hydrogens is 290 g/mol. The molecule has 0 spiro atoms. The third kappa shape index (κ3) is 5.96. The molecule has 0 aliphatic carbocycles. The maximum atomic E-state index is 10.9. The number of rotatable bonds is 4. The maximum Gasteiger partial charge on any atom is 0.425 e. The van der Waals surface area contributed by atoms with Gasteiger partial charge in [-0.2, -0.15) is 0 Å². The number of hydrazine groups is 1. The van der Waals surface area contributed by atoms with Crippen molar-refractivity contribution in [3.8, 4) is 0 Å². The van der Waals surface area contributed by atoms with Crippen LogP contribution in [0.2, 0.25) is 5.15 Å². The SMILES string of the molecule is COC(=O)NNC(C[N+](=O)[O-])=NCc1ccc(Cl)nc1. The average Bonchev–Trinajstić information content (AvgIpc) is 2.42. The van der Waals surface area contributed by atoms with Gasteiger partial charge >= 0.3 is 6.09 Å². The first-order valence-corrected chi connectivity index (χ1v) is 5.74. The number of aliphatic imine (C=N–C) groups is 1. The molecule has 1 aromatic heterocycles. The quantitative estimate of drug-likeness (QED) is 0.279. The highest BCUT2D eigenvalue weighted by atomic mass is 35.5. The smallest absolute Gasteiger partial charge is 0.425 e. The minimum absolute atomic E-state index is 0.0182. The zero-order valence-electron chi connectivity index (χ0n) is 10.5. The number of ether oxygens (including phenoxy) is 1. The number of nitrogens with zero attached hydrogens (tertiary/aromatic N) is 3. The van der Waals surface area contributed by atoms with Crippen molar-refractivity contribution in [3.63, 3.8) is 0 Å². The Hall–Kier alpha value is -2.42. The summed E-state index contributed by atoms with van der Waals surface area (Å²) in [7, 11) is 1.17. The topological polar surface area (TPSA) is 119 Å².